The molecule has 1 unspecified atom stereocenters. The number of nitrogens with zero attached hydrogens (tertiary/aromatic N) is 1. The summed E-state index contributed by atoms with van der Waals surface area (Å²) in [7, 11) is 0. The SMILES string of the molecule is CCCc1c(Cl)[nH]c(=O)n(C2CCSC2)c1=O. The van der Waals surface area contributed by atoms with E-state index < -0.39 is 0 Å². The van der Waals surface area contributed by atoms with Crippen molar-refractivity contribution in [1.82, 2.24) is 9.55 Å². The normalized spacial score (nSPS) is 19.8. The van der Waals surface area contributed by atoms with Crippen LogP contribution in [-0.4, -0.2) is 21.1 Å². The lowest BCUT2D eigenvalue weighted by atomic mass is 10.2. The van der Waals surface area contributed by atoms with Crippen LogP contribution in [0.5, 0.6) is 0 Å². The van der Waals surface area contributed by atoms with Gasteiger partial charge in [-0.2, -0.15) is 11.8 Å². The van der Waals surface area contributed by atoms with E-state index in [0.717, 1.165) is 24.3 Å². The van der Waals surface area contributed by atoms with Gasteiger partial charge in [0.15, 0.2) is 0 Å². The van der Waals surface area contributed by atoms with Gasteiger partial charge in [-0.25, -0.2) is 4.79 Å². The molecule has 1 saturated heterocycles. The maximum absolute atomic E-state index is 12.2. The number of rotatable bonds is 3. The summed E-state index contributed by atoms with van der Waals surface area (Å²) in [5.74, 6) is 1.83. The highest BCUT2D eigenvalue weighted by atomic mass is 35.5. The Morgan fingerprint density at radius 3 is 2.88 bits per heavy atom. The Bertz CT molecular complexity index is 517. The molecule has 0 saturated carbocycles. The fourth-order valence-electron chi connectivity index (χ4n) is 2.09. The monoisotopic (exact) mass is 274 g/mol. The molecule has 1 N–H and O–H groups in total. The Morgan fingerprint density at radius 2 is 2.29 bits per heavy atom. The number of hydrogen-bond acceptors (Lipinski definition) is 3. The lowest BCUT2D eigenvalue weighted by molar-refractivity contribution is 0.509. The Kier molecular flexibility index (Phi) is 3.99. The van der Waals surface area contributed by atoms with Gasteiger partial charge in [-0.05, 0) is 18.6 Å². The minimum atomic E-state index is -0.382. The number of aromatic amines is 1. The summed E-state index contributed by atoms with van der Waals surface area (Å²) >= 11 is 7.69. The summed E-state index contributed by atoms with van der Waals surface area (Å²) in [4.78, 5) is 26.6. The van der Waals surface area contributed by atoms with E-state index in [2.05, 4.69) is 4.98 Å². The topological polar surface area (TPSA) is 54.9 Å². The zero-order chi connectivity index (χ0) is 12.4. The van der Waals surface area contributed by atoms with Crippen molar-refractivity contribution in [3.05, 3.63) is 31.6 Å². The quantitative estimate of drug-likeness (QED) is 0.856. The van der Waals surface area contributed by atoms with E-state index in [-0.39, 0.29) is 22.4 Å². The third kappa shape index (κ3) is 2.45. The molecule has 0 spiro atoms. The molecule has 17 heavy (non-hydrogen) atoms. The van der Waals surface area contributed by atoms with Crippen molar-refractivity contribution < 1.29 is 0 Å². The fourth-order valence-corrected chi connectivity index (χ4v) is 3.53. The second-order valence-corrected chi connectivity index (χ2v) is 5.69. The molecule has 1 aromatic rings. The van der Waals surface area contributed by atoms with E-state index >= 15 is 0 Å². The smallest absolute Gasteiger partial charge is 0.297 e. The van der Waals surface area contributed by atoms with Gasteiger partial charge in [0.25, 0.3) is 5.56 Å². The van der Waals surface area contributed by atoms with Crippen LogP contribution in [0.3, 0.4) is 0 Å². The summed E-state index contributed by atoms with van der Waals surface area (Å²) in [5, 5.41) is 0.198. The standard InChI is InChI=1S/C11H15ClN2O2S/c1-2-3-8-9(12)13-11(16)14(10(8)15)7-4-5-17-6-7/h7H,2-6H2,1H3,(H,13,16). The summed E-state index contributed by atoms with van der Waals surface area (Å²) < 4.78 is 1.34. The summed E-state index contributed by atoms with van der Waals surface area (Å²) in [6, 6.07) is 0.0177. The van der Waals surface area contributed by atoms with E-state index in [0.29, 0.717) is 12.0 Å². The highest BCUT2D eigenvalue weighted by Crippen LogP contribution is 2.25. The highest BCUT2D eigenvalue weighted by molar-refractivity contribution is 7.99. The van der Waals surface area contributed by atoms with Gasteiger partial charge < -0.3 is 0 Å². The molecule has 1 aliphatic rings. The molecule has 0 radical (unpaired) electrons. The number of halogens is 1. The lowest BCUT2D eigenvalue weighted by Gasteiger charge is -2.13. The van der Waals surface area contributed by atoms with Crippen molar-refractivity contribution in [2.45, 2.75) is 32.2 Å². The molecule has 0 aromatic carbocycles. The first kappa shape index (κ1) is 12.8. The first-order valence-electron chi connectivity index (χ1n) is 5.76. The van der Waals surface area contributed by atoms with Gasteiger partial charge in [0.2, 0.25) is 0 Å². The van der Waals surface area contributed by atoms with Crippen LogP contribution < -0.4 is 11.2 Å². The van der Waals surface area contributed by atoms with E-state index in [9.17, 15) is 9.59 Å². The summed E-state index contributed by atoms with van der Waals surface area (Å²) in [5.41, 5.74) is -0.0638. The Balaban J connectivity index is 2.54. The molecule has 4 nitrogen and oxygen atoms in total. The van der Waals surface area contributed by atoms with E-state index in [1.165, 1.54) is 4.57 Å². The van der Waals surface area contributed by atoms with Crippen molar-refractivity contribution in [2.75, 3.05) is 11.5 Å². The third-order valence-corrected chi connectivity index (χ3v) is 4.42. The average Bonchev–Trinajstić information content (AvgIpc) is 2.77. The number of H-pyrrole nitrogens is 1. The molecule has 1 aromatic heterocycles. The van der Waals surface area contributed by atoms with Crippen LogP contribution >= 0.6 is 23.4 Å². The lowest BCUT2D eigenvalue weighted by Crippen LogP contribution is -2.40. The van der Waals surface area contributed by atoms with Gasteiger partial charge in [0.05, 0.1) is 11.6 Å². The Labute approximate surface area is 108 Å². The largest absolute Gasteiger partial charge is 0.329 e. The number of nitrogens with one attached hydrogen (secondary N) is 1. The van der Waals surface area contributed by atoms with E-state index in [4.69, 9.17) is 11.6 Å². The summed E-state index contributed by atoms with van der Waals surface area (Å²) in [6.45, 7) is 1.98. The molecule has 1 fully saturated rings. The molecular formula is C11H15ClN2O2S. The van der Waals surface area contributed by atoms with Gasteiger partial charge in [0.1, 0.15) is 5.15 Å². The van der Waals surface area contributed by atoms with Crippen LogP contribution in [0.1, 0.15) is 31.4 Å². The second-order valence-electron chi connectivity index (χ2n) is 4.17. The van der Waals surface area contributed by atoms with Crippen molar-refractivity contribution >= 4 is 23.4 Å². The van der Waals surface area contributed by atoms with Gasteiger partial charge in [-0.15, -0.1) is 0 Å². The zero-order valence-corrected chi connectivity index (χ0v) is 11.2. The average molecular weight is 275 g/mol. The van der Waals surface area contributed by atoms with Crippen LogP contribution in [0.4, 0.5) is 0 Å². The first-order chi connectivity index (χ1) is 8.15. The number of thioether (sulfide) groups is 1. The van der Waals surface area contributed by atoms with E-state index in [1.54, 1.807) is 11.8 Å². The fraction of sp³-hybridized carbons (Fsp3) is 0.636. The minimum Gasteiger partial charge on any atom is -0.297 e. The predicted octanol–water partition coefficient (Wildman–Crippen LogP) is 1.82. The molecule has 6 heteroatoms. The van der Waals surface area contributed by atoms with Crippen LogP contribution in [0, 0.1) is 0 Å². The third-order valence-electron chi connectivity index (χ3n) is 2.95. The molecule has 94 valence electrons. The molecular weight excluding hydrogens is 260 g/mol. The highest BCUT2D eigenvalue weighted by Gasteiger charge is 2.22. The van der Waals surface area contributed by atoms with Crippen molar-refractivity contribution in [1.29, 1.82) is 0 Å². The van der Waals surface area contributed by atoms with Crippen LogP contribution in [-0.2, 0) is 6.42 Å². The van der Waals surface area contributed by atoms with Crippen LogP contribution in [0.15, 0.2) is 9.59 Å². The molecule has 1 aliphatic heterocycles. The number of hydrogen-bond donors (Lipinski definition) is 1. The van der Waals surface area contributed by atoms with Gasteiger partial charge in [-0.3, -0.25) is 14.3 Å². The Morgan fingerprint density at radius 1 is 1.53 bits per heavy atom. The molecule has 2 heterocycles. The van der Waals surface area contributed by atoms with Gasteiger partial charge in [-0.1, -0.05) is 24.9 Å². The maximum atomic E-state index is 12.2. The minimum absolute atomic E-state index is 0.0177. The number of aromatic nitrogens is 2. The van der Waals surface area contributed by atoms with Crippen molar-refractivity contribution in [3.63, 3.8) is 0 Å². The molecule has 0 bridgehead atoms. The zero-order valence-electron chi connectivity index (χ0n) is 9.66. The van der Waals surface area contributed by atoms with Gasteiger partial charge >= 0.3 is 5.69 Å². The summed E-state index contributed by atoms with van der Waals surface area (Å²) in [6.07, 6.45) is 2.32. The molecule has 1 atom stereocenters. The molecule has 0 amide bonds. The van der Waals surface area contributed by atoms with E-state index in [1.807, 2.05) is 6.92 Å². The van der Waals surface area contributed by atoms with Crippen LogP contribution in [0.2, 0.25) is 5.15 Å². The first-order valence-corrected chi connectivity index (χ1v) is 7.29. The second kappa shape index (κ2) is 5.31. The maximum Gasteiger partial charge on any atom is 0.329 e. The van der Waals surface area contributed by atoms with Crippen LogP contribution in [0.25, 0.3) is 0 Å². The molecule has 0 aliphatic carbocycles. The van der Waals surface area contributed by atoms with Crippen molar-refractivity contribution in [3.8, 4) is 0 Å². The predicted molar refractivity (Wildman–Crippen MR) is 71.3 cm³/mol. The molecule has 2 rings (SSSR count). The van der Waals surface area contributed by atoms with Crippen molar-refractivity contribution in [2.24, 2.45) is 0 Å². The van der Waals surface area contributed by atoms with Gasteiger partial charge in [0, 0.05) is 5.75 Å². The Hall–Kier alpha value is -0.680.